The third-order valence-electron chi connectivity index (χ3n) is 9.06. The summed E-state index contributed by atoms with van der Waals surface area (Å²) in [6.07, 6.45) is 2.95. The lowest BCUT2D eigenvalue weighted by Crippen LogP contribution is -2.65. The van der Waals surface area contributed by atoms with Crippen LogP contribution in [-0.4, -0.2) is 84.0 Å². The Kier molecular flexibility index (Phi) is 7.05. The van der Waals surface area contributed by atoms with E-state index in [0.29, 0.717) is 49.7 Å². The molecule has 5 atom stereocenters. The number of benzene rings is 1. The maximum atomic E-state index is 15.1. The van der Waals surface area contributed by atoms with Gasteiger partial charge >= 0.3 is 6.03 Å². The predicted octanol–water partition coefficient (Wildman–Crippen LogP) is 4.54. The molecular weight excluding hydrogens is 453 g/mol. The molecule has 194 valence electrons. The van der Waals surface area contributed by atoms with Crippen LogP contribution in [0.2, 0.25) is 0 Å². The van der Waals surface area contributed by atoms with Crippen LogP contribution < -0.4 is 5.32 Å². The first kappa shape index (κ1) is 24.9. The molecule has 0 radical (unpaired) electrons. The van der Waals surface area contributed by atoms with E-state index in [1.54, 1.807) is 4.90 Å². The number of rotatable bonds is 4. The summed E-state index contributed by atoms with van der Waals surface area (Å²) >= 11 is 0. The summed E-state index contributed by atoms with van der Waals surface area (Å²) in [5.41, 5.74) is 1.15. The summed E-state index contributed by atoms with van der Waals surface area (Å²) in [6.45, 7) is 8.86. The molecule has 5 rings (SSSR count). The van der Waals surface area contributed by atoms with Crippen molar-refractivity contribution >= 4 is 6.03 Å². The molecule has 2 amide bonds. The zero-order valence-corrected chi connectivity index (χ0v) is 20.9. The van der Waals surface area contributed by atoms with Crippen molar-refractivity contribution in [2.24, 2.45) is 11.8 Å². The Balaban J connectivity index is 1.19. The number of fused-ring (bicyclic) bond motifs is 1. The number of nitrogens with one attached hydrogen (secondary N) is 1. The Bertz CT molecular complexity index is 873. The van der Waals surface area contributed by atoms with E-state index in [1.807, 2.05) is 12.1 Å². The van der Waals surface area contributed by atoms with Crippen molar-refractivity contribution in [3.05, 3.63) is 35.6 Å². The first-order valence-electron chi connectivity index (χ1n) is 13.4. The maximum absolute atomic E-state index is 15.1. The third-order valence-corrected chi connectivity index (χ3v) is 9.06. The summed E-state index contributed by atoms with van der Waals surface area (Å²) in [5, 5.41) is 2.81. The fraction of sp³-hybridized carbons (Fsp3) is 0.741. The average molecular weight is 493 g/mol. The Morgan fingerprint density at radius 1 is 1.03 bits per heavy atom. The summed E-state index contributed by atoms with van der Waals surface area (Å²) in [5.74, 6) is -1.98. The highest BCUT2D eigenvalue weighted by Crippen LogP contribution is 2.46. The Morgan fingerprint density at radius 2 is 1.66 bits per heavy atom. The van der Waals surface area contributed by atoms with Gasteiger partial charge in [-0.3, -0.25) is 9.80 Å². The van der Waals surface area contributed by atoms with Crippen molar-refractivity contribution in [1.82, 2.24) is 20.0 Å². The minimum Gasteiger partial charge on any atom is -0.328 e. The smallest absolute Gasteiger partial charge is 0.317 e. The van der Waals surface area contributed by atoms with Gasteiger partial charge in [-0.05, 0) is 75.0 Å². The third kappa shape index (κ3) is 5.19. The predicted molar refractivity (Wildman–Crippen MR) is 130 cm³/mol. The number of halogens is 3. The van der Waals surface area contributed by atoms with Gasteiger partial charge in [0.25, 0.3) is 5.92 Å². The van der Waals surface area contributed by atoms with Crippen LogP contribution in [0.1, 0.15) is 57.4 Å². The summed E-state index contributed by atoms with van der Waals surface area (Å²) < 4.78 is 43.5. The van der Waals surface area contributed by atoms with Crippen molar-refractivity contribution in [2.75, 3.05) is 39.3 Å². The minimum absolute atomic E-state index is 0.162. The number of carbonyl (C=O) groups excluding carboxylic acids is 1. The molecule has 1 N–H and O–H groups in total. The number of amides is 2. The first-order valence-corrected chi connectivity index (χ1v) is 13.4. The van der Waals surface area contributed by atoms with Gasteiger partial charge in [-0.1, -0.05) is 12.1 Å². The number of urea groups is 1. The molecule has 1 unspecified atom stereocenters. The molecule has 35 heavy (non-hydrogen) atoms. The van der Waals surface area contributed by atoms with Gasteiger partial charge < -0.3 is 10.2 Å². The van der Waals surface area contributed by atoms with Crippen LogP contribution in [0.4, 0.5) is 18.0 Å². The van der Waals surface area contributed by atoms with Gasteiger partial charge in [0.1, 0.15) is 11.9 Å². The van der Waals surface area contributed by atoms with E-state index in [1.165, 1.54) is 12.1 Å². The number of carbonyl (C=O) groups is 1. The van der Waals surface area contributed by atoms with Crippen LogP contribution in [0.15, 0.2) is 24.3 Å². The zero-order chi connectivity index (χ0) is 24.7. The molecule has 4 aliphatic rings. The second-order valence-electron chi connectivity index (χ2n) is 11.5. The number of likely N-dealkylation sites (tertiary alicyclic amines) is 1. The standard InChI is InChI=1S/C27H39F3N4O/c1-18(2)32-10-12-33(13-11-32)24-4-3-9-27(29,30)25(24)31-26(35)34-16-21-14-20(15-22(21)17-34)19-5-7-23(28)8-6-19/h5-8,18,20-22,24-25H,3-4,9-17H2,1-2H3,(H,31,35)/t20?,21-,22+,24-,25+/m0/s1. The van der Waals surface area contributed by atoms with Gasteiger partial charge in [-0.2, -0.15) is 0 Å². The molecule has 2 heterocycles. The van der Waals surface area contributed by atoms with Crippen molar-refractivity contribution in [3.63, 3.8) is 0 Å². The zero-order valence-electron chi connectivity index (χ0n) is 20.9. The normalized spacial score (nSPS) is 33.8. The molecule has 1 aromatic carbocycles. The van der Waals surface area contributed by atoms with Crippen molar-refractivity contribution in [3.8, 4) is 0 Å². The quantitative estimate of drug-likeness (QED) is 0.671. The molecule has 2 saturated carbocycles. The van der Waals surface area contributed by atoms with Crippen LogP contribution in [0.3, 0.4) is 0 Å². The maximum Gasteiger partial charge on any atom is 0.317 e. The summed E-state index contributed by atoms with van der Waals surface area (Å²) in [4.78, 5) is 19.5. The van der Waals surface area contributed by atoms with Gasteiger partial charge in [0.15, 0.2) is 0 Å². The van der Waals surface area contributed by atoms with Crippen LogP contribution in [0, 0.1) is 17.7 Å². The lowest BCUT2D eigenvalue weighted by atomic mass is 9.85. The number of nitrogens with zero attached hydrogens (tertiary/aromatic N) is 3. The molecule has 0 aromatic heterocycles. The van der Waals surface area contributed by atoms with E-state index in [4.69, 9.17) is 0 Å². The highest BCUT2D eigenvalue weighted by Gasteiger charge is 2.51. The Morgan fingerprint density at radius 3 is 2.26 bits per heavy atom. The minimum atomic E-state index is -2.89. The number of hydrogen-bond acceptors (Lipinski definition) is 3. The molecule has 8 heteroatoms. The molecule has 2 saturated heterocycles. The number of piperazine rings is 1. The Labute approximate surface area is 207 Å². The van der Waals surface area contributed by atoms with E-state index in [9.17, 15) is 9.18 Å². The van der Waals surface area contributed by atoms with Gasteiger partial charge in [0, 0.05) is 57.8 Å². The van der Waals surface area contributed by atoms with E-state index in [-0.39, 0.29) is 24.3 Å². The van der Waals surface area contributed by atoms with Gasteiger partial charge in [0.2, 0.25) is 0 Å². The fourth-order valence-corrected chi connectivity index (χ4v) is 7.03. The molecule has 5 nitrogen and oxygen atoms in total. The van der Waals surface area contributed by atoms with Gasteiger partial charge in [-0.25, -0.2) is 18.0 Å². The highest BCUT2D eigenvalue weighted by molar-refractivity contribution is 5.75. The monoisotopic (exact) mass is 492 g/mol. The molecule has 2 aliphatic heterocycles. The van der Waals surface area contributed by atoms with E-state index >= 15 is 8.78 Å². The van der Waals surface area contributed by atoms with Crippen LogP contribution in [0.5, 0.6) is 0 Å². The molecule has 1 aromatic rings. The van der Waals surface area contributed by atoms with Gasteiger partial charge in [0.05, 0.1) is 0 Å². The molecule has 0 spiro atoms. The molecule has 4 fully saturated rings. The average Bonchev–Trinajstić information content (AvgIpc) is 3.40. The molecular formula is C27H39F3N4O. The summed E-state index contributed by atoms with van der Waals surface area (Å²) in [7, 11) is 0. The topological polar surface area (TPSA) is 38.8 Å². The number of alkyl halides is 2. The SMILES string of the molecule is CC(C)N1CCN([C@H]2CCCC(F)(F)[C@@H]2NC(=O)N2C[C@H]3CC(c4ccc(F)cc4)C[C@H]3C2)CC1. The van der Waals surface area contributed by atoms with Crippen molar-refractivity contribution in [1.29, 1.82) is 0 Å². The Hall–Kier alpha value is -1.80. The van der Waals surface area contributed by atoms with Crippen molar-refractivity contribution in [2.45, 2.75) is 75.9 Å². The second-order valence-corrected chi connectivity index (χ2v) is 11.5. The number of hydrogen-bond donors (Lipinski definition) is 1. The molecule has 2 aliphatic carbocycles. The largest absolute Gasteiger partial charge is 0.328 e. The molecule has 0 bridgehead atoms. The van der Waals surface area contributed by atoms with Gasteiger partial charge in [-0.15, -0.1) is 0 Å². The van der Waals surface area contributed by atoms with E-state index in [0.717, 1.165) is 44.6 Å². The van der Waals surface area contributed by atoms with Crippen LogP contribution in [-0.2, 0) is 0 Å². The van der Waals surface area contributed by atoms with Crippen LogP contribution in [0.25, 0.3) is 0 Å². The van der Waals surface area contributed by atoms with Crippen LogP contribution >= 0.6 is 0 Å². The second kappa shape index (κ2) is 9.92. The van der Waals surface area contributed by atoms with E-state index < -0.39 is 12.0 Å². The lowest BCUT2D eigenvalue weighted by Gasteiger charge is -2.47. The highest BCUT2D eigenvalue weighted by atomic mass is 19.3. The lowest BCUT2D eigenvalue weighted by molar-refractivity contribution is -0.0971. The van der Waals surface area contributed by atoms with E-state index in [2.05, 4.69) is 29.0 Å². The van der Waals surface area contributed by atoms with Crippen molar-refractivity contribution < 1.29 is 18.0 Å². The first-order chi connectivity index (χ1) is 16.7. The summed E-state index contributed by atoms with van der Waals surface area (Å²) in [6, 6.07) is 5.39. The fourth-order valence-electron chi connectivity index (χ4n) is 7.03.